The fourth-order valence-electron chi connectivity index (χ4n) is 4.22. The summed E-state index contributed by atoms with van der Waals surface area (Å²) in [5.41, 5.74) is 2.49. The van der Waals surface area contributed by atoms with Crippen LogP contribution < -0.4 is 9.47 Å². The summed E-state index contributed by atoms with van der Waals surface area (Å²) in [6, 6.07) is 16.3. The number of para-hydroxylation sites is 1. The highest BCUT2D eigenvalue weighted by atomic mass is 16.6. The van der Waals surface area contributed by atoms with Crippen LogP contribution in [-0.4, -0.2) is 55.1 Å². The topological polar surface area (TPSA) is 68.2 Å². The Balaban J connectivity index is 1.46. The van der Waals surface area contributed by atoms with Crippen molar-refractivity contribution in [1.29, 1.82) is 0 Å². The Kier molecular flexibility index (Phi) is 9.23. The summed E-state index contributed by atoms with van der Waals surface area (Å²) in [4.78, 5) is 13.7. The van der Waals surface area contributed by atoms with Gasteiger partial charge in [0, 0.05) is 12.5 Å². The number of β-amino-alcohol motifs (C(OH)–C–C–N with tert-alkyl or cyclic N) is 1. The summed E-state index contributed by atoms with van der Waals surface area (Å²) in [6.07, 6.45) is 4.52. The van der Waals surface area contributed by atoms with Crippen molar-refractivity contribution >= 4 is 6.09 Å². The molecular formula is C26H35NO5. The maximum Gasteiger partial charge on any atom is 0.410 e. The first-order valence-corrected chi connectivity index (χ1v) is 11.6. The number of likely N-dealkylation sites (tertiary alicyclic amines) is 1. The van der Waals surface area contributed by atoms with E-state index < -0.39 is 6.10 Å². The van der Waals surface area contributed by atoms with E-state index in [9.17, 15) is 9.90 Å². The minimum atomic E-state index is -0.499. The first-order chi connectivity index (χ1) is 15.6. The van der Waals surface area contributed by atoms with Crippen molar-refractivity contribution in [1.82, 2.24) is 4.90 Å². The van der Waals surface area contributed by atoms with Crippen LogP contribution in [0, 0.1) is 0 Å². The molecule has 1 aliphatic rings. The van der Waals surface area contributed by atoms with Crippen LogP contribution in [0.4, 0.5) is 4.79 Å². The van der Waals surface area contributed by atoms with Crippen LogP contribution in [0.25, 0.3) is 0 Å². The van der Waals surface area contributed by atoms with Crippen LogP contribution in [0.5, 0.6) is 11.5 Å². The van der Waals surface area contributed by atoms with E-state index in [1.807, 2.05) is 30.3 Å². The van der Waals surface area contributed by atoms with Gasteiger partial charge in [-0.2, -0.15) is 0 Å². The molecule has 0 unspecified atom stereocenters. The highest BCUT2D eigenvalue weighted by Crippen LogP contribution is 2.24. The Morgan fingerprint density at radius 1 is 1.12 bits per heavy atom. The van der Waals surface area contributed by atoms with Gasteiger partial charge in [0.1, 0.15) is 11.5 Å². The fourth-order valence-corrected chi connectivity index (χ4v) is 4.22. The zero-order valence-corrected chi connectivity index (χ0v) is 19.2. The smallest absolute Gasteiger partial charge is 0.410 e. The lowest BCUT2D eigenvalue weighted by atomic mass is 10.0. The van der Waals surface area contributed by atoms with Crippen LogP contribution in [-0.2, 0) is 17.6 Å². The number of benzene rings is 2. The van der Waals surface area contributed by atoms with E-state index in [-0.39, 0.29) is 12.1 Å². The van der Waals surface area contributed by atoms with Gasteiger partial charge in [0.25, 0.3) is 0 Å². The van der Waals surface area contributed by atoms with Crippen molar-refractivity contribution in [3.05, 3.63) is 59.7 Å². The highest BCUT2D eigenvalue weighted by Gasteiger charge is 2.34. The van der Waals surface area contributed by atoms with Gasteiger partial charge in [-0.15, -0.1) is 0 Å². The molecule has 1 fully saturated rings. The van der Waals surface area contributed by atoms with Gasteiger partial charge in [-0.25, -0.2) is 4.79 Å². The Hall–Kier alpha value is -2.73. The summed E-state index contributed by atoms with van der Waals surface area (Å²) in [5, 5.41) is 9.98. The quantitative estimate of drug-likeness (QED) is 0.515. The van der Waals surface area contributed by atoms with Crippen molar-refractivity contribution in [2.24, 2.45) is 0 Å². The standard InChI is InChI=1S/C26H35NO5/c1-3-31-26(29)27-19-23(28)18-22(27)15-16-32-25-14-7-6-12-21(25)11-5-4-9-20-10-8-13-24(17-20)30-2/h6-8,10,12-14,17,22-23,28H,3-5,9,11,15-16,18-19H2,1-2H3/t22-,23-/m1/s1. The van der Waals surface area contributed by atoms with Crippen LogP contribution in [0.15, 0.2) is 48.5 Å². The van der Waals surface area contributed by atoms with Crippen LogP contribution in [0.3, 0.4) is 0 Å². The second-order valence-corrected chi connectivity index (χ2v) is 8.20. The van der Waals surface area contributed by atoms with Crippen molar-refractivity contribution in [3.8, 4) is 11.5 Å². The molecule has 1 saturated heterocycles. The molecule has 1 heterocycles. The van der Waals surface area contributed by atoms with Crippen molar-refractivity contribution in [2.45, 2.75) is 57.6 Å². The summed E-state index contributed by atoms with van der Waals surface area (Å²) >= 11 is 0. The van der Waals surface area contributed by atoms with Gasteiger partial charge in [0.2, 0.25) is 0 Å². The van der Waals surface area contributed by atoms with Crippen molar-refractivity contribution in [2.75, 3.05) is 26.9 Å². The molecule has 3 rings (SSSR count). The third-order valence-electron chi connectivity index (χ3n) is 5.87. The fraction of sp³-hybridized carbons (Fsp3) is 0.500. The monoisotopic (exact) mass is 441 g/mol. The number of rotatable bonds is 11. The molecule has 1 aliphatic heterocycles. The molecule has 174 valence electrons. The molecule has 2 atom stereocenters. The van der Waals surface area contributed by atoms with Gasteiger partial charge in [0.05, 0.1) is 33.0 Å². The Morgan fingerprint density at radius 3 is 2.75 bits per heavy atom. The van der Waals surface area contributed by atoms with Gasteiger partial charge < -0.3 is 24.2 Å². The van der Waals surface area contributed by atoms with E-state index in [1.54, 1.807) is 18.9 Å². The van der Waals surface area contributed by atoms with Gasteiger partial charge in [-0.3, -0.25) is 0 Å². The number of methoxy groups -OCH3 is 1. The molecule has 32 heavy (non-hydrogen) atoms. The van der Waals surface area contributed by atoms with Crippen molar-refractivity contribution < 1.29 is 24.1 Å². The van der Waals surface area contributed by atoms with Crippen LogP contribution in [0.1, 0.15) is 43.7 Å². The number of aliphatic hydroxyl groups excluding tert-OH is 1. The van der Waals surface area contributed by atoms with Crippen molar-refractivity contribution in [3.63, 3.8) is 0 Å². The summed E-state index contributed by atoms with van der Waals surface area (Å²) in [5.74, 6) is 1.80. The molecule has 0 saturated carbocycles. The molecule has 0 aromatic heterocycles. The maximum atomic E-state index is 12.1. The Labute approximate surface area is 191 Å². The molecule has 0 spiro atoms. The van der Waals surface area contributed by atoms with E-state index in [0.717, 1.165) is 37.2 Å². The van der Waals surface area contributed by atoms with Crippen LogP contribution >= 0.6 is 0 Å². The van der Waals surface area contributed by atoms with E-state index >= 15 is 0 Å². The molecule has 0 radical (unpaired) electrons. The second kappa shape index (κ2) is 12.3. The molecule has 6 nitrogen and oxygen atoms in total. The SMILES string of the molecule is CCOC(=O)N1C[C@H](O)C[C@H]1CCOc1ccccc1CCCCc1cccc(OC)c1. The van der Waals surface area contributed by atoms with E-state index in [1.165, 1.54) is 11.1 Å². The molecule has 2 aromatic carbocycles. The van der Waals surface area contributed by atoms with Crippen LogP contribution in [0.2, 0.25) is 0 Å². The first-order valence-electron chi connectivity index (χ1n) is 11.6. The van der Waals surface area contributed by atoms with Gasteiger partial charge in [-0.1, -0.05) is 30.3 Å². The highest BCUT2D eigenvalue weighted by molar-refractivity contribution is 5.68. The second-order valence-electron chi connectivity index (χ2n) is 8.20. The Bertz CT molecular complexity index is 856. The normalized spacial score (nSPS) is 17.9. The minimum Gasteiger partial charge on any atom is -0.497 e. The largest absolute Gasteiger partial charge is 0.497 e. The number of carbonyl (C=O) groups excluding carboxylic acids is 1. The van der Waals surface area contributed by atoms with Gasteiger partial charge in [0.15, 0.2) is 0 Å². The lowest BCUT2D eigenvalue weighted by Gasteiger charge is -2.23. The number of unbranched alkanes of at least 4 members (excludes halogenated alkanes) is 1. The maximum absolute atomic E-state index is 12.1. The number of amides is 1. The summed E-state index contributed by atoms with van der Waals surface area (Å²) in [7, 11) is 1.69. The lowest BCUT2D eigenvalue weighted by molar-refractivity contribution is 0.0941. The number of ether oxygens (including phenoxy) is 3. The predicted octanol–water partition coefficient (Wildman–Crippen LogP) is 4.62. The van der Waals surface area contributed by atoms with E-state index in [2.05, 4.69) is 18.2 Å². The van der Waals surface area contributed by atoms with E-state index in [0.29, 0.717) is 32.6 Å². The average Bonchev–Trinajstić information content (AvgIpc) is 3.18. The number of hydrogen-bond donors (Lipinski definition) is 1. The summed E-state index contributed by atoms with van der Waals surface area (Å²) < 4.78 is 16.5. The van der Waals surface area contributed by atoms with E-state index in [4.69, 9.17) is 14.2 Å². The zero-order chi connectivity index (χ0) is 22.8. The molecule has 6 heteroatoms. The average molecular weight is 442 g/mol. The molecule has 2 aromatic rings. The molecule has 0 bridgehead atoms. The third kappa shape index (κ3) is 6.89. The Morgan fingerprint density at radius 2 is 1.94 bits per heavy atom. The lowest BCUT2D eigenvalue weighted by Crippen LogP contribution is -2.37. The number of hydrogen-bond acceptors (Lipinski definition) is 5. The van der Waals surface area contributed by atoms with Gasteiger partial charge >= 0.3 is 6.09 Å². The number of carbonyl (C=O) groups is 1. The predicted molar refractivity (Wildman–Crippen MR) is 124 cm³/mol. The molecule has 1 N–H and O–H groups in total. The summed E-state index contributed by atoms with van der Waals surface area (Å²) in [6.45, 7) is 2.94. The zero-order valence-electron chi connectivity index (χ0n) is 19.2. The minimum absolute atomic E-state index is 0.0564. The molecular weight excluding hydrogens is 406 g/mol. The first kappa shape index (κ1) is 23.9. The molecule has 0 aliphatic carbocycles. The van der Waals surface area contributed by atoms with Gasteiger partial charge in [-0.05, 0) is 68.4 Å². The number of nitrogens with zero attached hydrogens (tertiary/aromatic N) is 1. The third-order valence-corrected chi connectivity index (χ3v) is 5.87. The molecule has 1 amide bonds. The number of aryl methyl sites for hydroxylation is 2. The number of aliphatic hydroxyl groups is 1.